The molecule has 1 unspecified atom stereocenters. The van der Waals surface area contributed by atoms with Gasteiger partial charge in [0.2, 0.25) is 5.91 Å². The third kappa shape index (κ3) is 7.17. The van der Waals surface area contributed by atoms with Crippen molar-refractivity contribution in [3.05, 3.63) is 101 Å². The van der Waals surface area contributed by atoms with Gasteiger partial charge in [0.15, 0.2) is 6.61 Å². The van der Waals surface area contributed by atoms with Gasteiger partial charge in [0.05, 0.1) is 0 Å². The molecule has 5 nitrogen and oxygen atoms in total. The number of amides is 2. The zero-order valence-electron chi connectivity index (χ0n) is 19.0. The van der Waals surface area contributed by atoms with Crippen LogP contribution >= 0.6 is 0 Å². The zero-order valence-corrected chi connectivity index (χ0v) is 19.0. The van der Waals surface area contributed by atoms with Gasteiger partial charge in [-0.3, -0.25) is 9.59 Å². The molecule has 0 saturated heterocycles. The van der Waals surface area contributed by atoms with Gasteiger partial charge >= 0.3 is 0 Å². The van der Waals surface area contributed by atoms with Gasteiger partial charge in [-0.1, -0.05) is 60.2 Å². The molecular weight excluding hydrogens is 419 g/mol. The van der Waals surface area contributed by atoms with E-state index in [2.05, 4.69) is 5.32 Å². The van der Waals surface area contributed by atoms with Crippen LogP contribution in [-0.2, 0) is 22.6 Å². The summed E-state index contributed by atoms with van der Waals surface area (Å²) in [6, 6.07) is 22.2. The summed E-state index contributed by atoms with van der Waals surface area (Å²) in [6.45, 7) is 4.30. The number of benzene rings is 3. The Balaban J connectivity index is 1.88. The Labute approximate surface area is 194 Å². The van der Waals surface area contributed by atoms with Crippen LogP contribution in [-0.4, -0.2) is 35.9 Å². The minimum absolute atomic E-state index is 0.218. The van der Waals surface area contributed by atoms with Crippen LogP contribution in [0.3, 0.4) is 0 Å². The molecule has 2 amide bonds. The zero-order chi connectivity index (χ0) is 23.6. The highest BCUT2D eigenvalue weighted by Crippen LogP contribution is 2.17. The van der Waals surface area contributed by atoms with Crippen molar-refractivity contribution in [1.29, 1.82) is 0 Å². The fraction of sp³-hybridized carbons (Fsp3) is 0.259. The Kier molecular flexibility index (Phi) is 8.58. The van der Waals surface area contributed by atoms with Gasteiger partial charge in [0, 0.05) is 19.5 Å². The van der Waals surface area contributed by atoms with Crippen molar-refractivity contribution in [2.45, 2.75) is 32.9 Å². The maximum atomic E-state index is 13.4. The third-order valence-corrected chi connectivity index (χ3v) is 5.23. The highest BCUT2D eigenvalue weighted by molar-refractivity contribution is 5.88. The summed E-state index contributed by atoms with van der Waals surface area (Å²) in [5.41, 5.74) is 2.95. The molecule has 0 aromatic heterocycles. The molecule has 0 spiro atoms. The smallest absolute Gasteiger partial charge is 0.261 e. The first-order valence-corrected chi connectivity index (χ1v) is 11.0. The largest absolute Gasteiger partial charge is 0.484 e. The summed E-state index contributed by atoms with van der Waals surface area (Å²) in [5.74, 6) is -0.538. The van der Waals surface area contributed by atoms with Crippen LogP contribution < -0.4 is 10.1 Å². The first-order chi connectivity index (χ1) is 16.0. The van der Waals surface area contributed by atoms with E-state index in [-0.39, 0.29) is 30.8 Å². The van der Waals surface area contributed by atoms with Crippen molar-refractivity contribution >= 4 is 11.8 Å². The van der Waals surface area contributed by atoms with Crippen molar-refractivity contribution in [2.75, 3.05) is 13.2 Å². The van der Waals surface area contributed by atoms with Crippen molar-refractivity contribution in [2.24, 2.45) is 0 Å². The normalized spacial score (nSPS) is 11.5. The number of aryl methyl sites for hydroxylation is 1. The van der Waals surface area contributed by atoms with Gasteiger partial charge in [0.1, 0.15) is 17.6 Å². The lowest BCUT2D eigenvalue weighted by Gasteiger charge is -2.31. The van der Waals surface area contributed by atoms with E-state index < -0.39 is 6.04 Å². The summed E-state index contributed by atoms with van der Waals surface area (Å²) in [5, 5.41) is 2.86. The SMILES string of the molecule is CCNC(=O)C(Cc1ccccc1)N(Cc1cccc(C)c1)C(=O)COc1ccc(F)cc1. The fourth-order valence-electron chi connectivity index (χ4n) is 3.61. The second-order valence-corrected chi connectivity index (χ2v) is 7.85. The topological polar surface area (TPSA) is 58.6 Å². The number of ether oxygens (including phenoxy) is 1. The molecule has 0 saturated carbocycles. The number of nitrogens with one attached hydrogen (secondary N) is 1. The van der Waals surface area contributed by atoms with Crippen LogP contribution in [0.2, 0.25) is 0 Å². The number of likely N-dealkylation sites (N-methyl/N-ethyl adjacent to an activating group) is 1. The van der Waals surface area contributed by atoms with Crippen LogP contribution in [0.4, 0.5) is 4.39 Å². The second kappa shape index (κ2) is 11.8. The molecule has 3 aromatic rings. The van der Waals surface area contributed by atoms with Crippen molar-refractivity contribution in [1.82, 2.24) is 10.2 Å². The Morgan fingerprint density at radius 3 is 2.33 bits per heavy atom. The minimum Gasteiger partial charge on any atom is -0.484 e. The summed E-state index contributed by atoms with van der Waals surface area (Å²) in [4.78, 5) is 28.0. The predicted molar refractivity (Wildman–Crippen MR) is 126 cm³/mol. The Morgan fingerprint density at radius 2 is 1.67 bits per heavy atom. The Hall–Kier alpha value is -3.67. The summed E-state index contributed by atoms with van der Waals surface area (Å²) < 4.78 is 18.8. The molecule has 0 fully saturated rings. The molecule has 6 heteroatoms. The maximum Gasteiger partial charge on any atom is 0.261 e. The van der Waals surface area contributed by atoms with Crippen LogP contribution in [0.1, 0.15) is 23.6 Å². The third-order valence-electron chi connectivity index (χ3n) is 5.23. The number of halogens is 1. The van der Waals surface area contributed by atoms with E-state index in [1.54, 1.807) is 4.90 Å². The van der Waals surface area contributed by atoms with E-state index in [9.17, 15) is 14.0 Å². The predicted octanol–water partition coefficient (Wildman–Crippen LogP) is 4.29. The number of carbonyl (C=O) groups excluding carboxylic acids is 2. The molecule has 0 bridgehead atoms. The molecule has 0 aliphatic rings. The first kappa shape index (κ1) is 24.0. The number of hydrogen-bond acceptors (Lipinski definition) is 3. The fourth-order valence-corrected chi connectivity index (χ4v) is 3.61. The van der Waals surface area contributed by atoms with Gasteiger partial charge in [-0.05, 0) is 49.2 Å². The van der Waals surface area contributed by atoms with Crippen LogP contribution in [0.5, 0.6) is 5.75 Å². The summed E-state index contributed by atoms with van der Waals surface area (Å²) in [6.07, 6.45) is 0.376. The molecule has 0 heterocycles. The monoisotopic (exact) mass is 448 g/mol. The second-order valence-electron chi connectivity index (χ2n) is 7.85. The molecule has 0 aliphatic carbocycles. The lowest BCUT2D eigenvalue weighted by molar-refractivity contribution is -0.142. The molecule has 33 heavy (non-hydrogen) atoms. The molecular formula is C27H29FN2O3. The van der Waals surface area contributed by atoms with Gasteiger partial charge < -0.3 is 15.0 Å². The quantitative estimate of drug-likeness (QED) is 0.503. The van der Waals surface area contributed by atoms with Crippen molar-refractivity contribution < 1.29 is 18.7 Å². The lowest BCUT2D eigenvalue weighted by atomic mass is 10.0. The number of rotatable bonds is 10. The maximum absolute atomic E-state index is 13.4. The van der Waals surface area contributed by atoms with E-state index in [0.29, 0.717) is 18.7 Å². The number of carbonyl (C=O) groups is 2. The summed E-state index contributed by atoms with van der Waals surface area (Å²) in [7, 11) is 0. The van der Waals surface area contributed by atoms with Gasteiger partial charge in [0.25, 0.3) is 5.91 Å². The van der Waals surface area contributed by atoms with Gasteiger partial charge in [-0.25, -0.2) is 4.39 Å². The van der Waals surface area contributed by atoms with Crippen LogP contribution in [0.15, 0.2) is 78.9 Å². The minimum atomic E-state index is -0.711. The average Bonchev–Trinajstić information content (AvgIpc) is 2.81. The van der Waals surface area contributed by atoms with Crippen LogP contribution in [0, 0.1) is 12.7 Å². The van der Waals surface area contributed by atoms with E-state index in [4.69, 9.17) is 4.74 Å². The van der Waals surface area contributed by atoms with Crippen molar-refractivity contribution in [3.8, 4) is 5.75 Å². The highest BCUT2D eigenvalue weighted by Gasteiger charge is 2.30. The average molecular weight is 449 g/mol. The highest BCUT2D eigenvalue weighted by atomic mass is 19.1. The molecule has 0 radical (unpaired) electrons. The van der Waals surface area contributed by atoms with E-state index in [0.717, 1.165) is 16.7 Å². The Bertz CT molecular complexity index is 1050. The molecule has 0 aliphatic heterocycles. The molecule has 3 aromatic carbocycles. The van der Waals surface area contributed by atoms with Gasteiger partial charge in [-0.15, -0.1) is 0 Å². The standard InChI is InChI=1S/C27H29FN2O3/c1-3-29-27(32)25(17-21-9-5-4-6-10-21)30(18-22-11-7-8-20(2)16-22)26(31)19-33-24-14-12-23(28)13-15-24/h4-16,25H,3,17-19H2,1-2H3,(H,29,32). The van der Waals surface area contributed by atoms with Crippen LogP contribution in [0.25, 0.3) is 0 Å². The Morgan fingerprint density at radius 1 is 0.970 bits per heavy atom. The molecule has 1 N–H and O–H groups in total. The van der Waals surface area contributed by atoms with E-state index >= 15 is 0 Å². The first-order valence-electron chi connectivity index (χ1n) is 11.0. The van der Waals surface area contributed by atoms with E-state index in [1.165, 1.54) is 24.3 Å². The lowest BCUT2D eigenvalue weighted by Crippen LogP contribution is -2.51. The molecule has 1 atom stereocenters. The van der Waals surface area contributed by atoms with E-state index in [1.807, 2.05) is 68.4 Å². The number of hydrogen-bond donors (Lipinski definition) is 1. The molecule has 3 rings (SSSR count). The molecule has 172 valence electrons. The summed E-state index contributed by atoms with van der Waals surface area (Å²) >= 11 is 0. The van der Waals surface area contributed by atoms with Crippen molar-refractivity contribution in [3.63, 3.8) is 0 Å². The van der Waals surface area contributed by atoms with Gasteiger partial charge in [-0.2, -0.15) is 0 Å². The number of nitrogens with zero attached hydrogens (tertiary/aromatic N) is 1.